The van der Waals surface area contributed by atoms with Gasteiger partial charge in [-0.05, 0) is 87.2 Å². The van der Waals surface area contributed by atoms with E-state index in [0.717, 1.165) is 75.3 Å². The number of fused-ring (bicyclic) bond motifs is 1. The number of hydrogen-bond acceptors (Lipinski definition) is 3. The Labute approximate surface area is 212 Å². The van der Waals surface area contributed by atoms with E-state index in [1.165, 1.54) is 28.8 Å². The van der Waals surface area contributed by atoms with Gasteiger partial charge in [-0.15, -0.1) is 0 Å². The molecule has 2 aliphatic heterocycles. The van der Waals surface area contributed by atoms with Crippen molar-refractivity contribution in [1.29, 1.82) is 0 Å². The lowest BCUT2D eigenvalue weighted by molar-refractivity contribution is 0.153. The predicted octanol–water partition coefficient (Wildman–Crippen LogP) is 7.04. The molecule has 2 heterocycles. The normalized spacial score (nSPS) is 18.6. The van der Waals surface area contributed by atoms with E-state index in [9.17, 15) is 4.39 Å². The largest absolute Gasteiger partial charge is 0.493 e. The first-order valence-electron chi connectivity index (χ1n) is 13.5. The molecule has 1 atom stereocenters. The fourth-order valence-corrected chi connectivity index (χ4v) is 5.72. The first-order chi connectivity index (χ1) is 16.8. The third kappa shape index (κ3) is 6.67. The van der Waals surface area contributed by atoms with Crippen LogP contribution in [0, 0.1) is 31.5 Å². The number of nitrogens with zero attached hydrogens (tertiary/aromatic N) is 2. The highest BCUT2D eigenvalue weighted by Crippen LogP contribution is 2.32. The van der Waals surface area contributed by atoms with Crippen LogP contribution >= 0.6 is 0 Å². The summed E-state index contributed by atoms with van der Waals surface area (Å²) in [6.07, 6.45) is 5.72. The molecule has 2 aliphatic rings. The molecular formula is C31H43FN2O. The summed E-state index contributed by atoms with van der Waals surface area (Å²) >= 11 is 0. The van der Waals surface area contributed by atoms with Gasteiger partial charge in [0.05, 0.1) is 6.61 Å². The van der Waals surface area contributed by atoms with Gasteiger partial charge in [0.25, 0.3) is 0 Å². The second-order valence-corrected chi connectivity index (χ2v) is 11.1. The molecule has 0 amide bonds. The summed E-state index contributed by atoms with van der Waals surface area (Å²) in [6, 6.07) is 10.0. The Balaban J connectivity index is 1.48. The molecule has 0 N–H and O–H groups in total. The third-order valence-corrected chi connectivity index (χ3v) is 7.51. The second kappa shape index (κ2) is 11.6. The summed E-state index contributed by atoms with van der Waals surface area (Å²) in [6.45, 7) is 18.7. The molecule has 4 heteroatoms. The van der Waals surface area contributed by atoms with Gasteiger partial charge in [0, 0.05) is 43.4 Å². The van der Waals surface area contributed by atoms with Gasteiger partial charge in [-0.1, -0.05) is 44.2 Å². The Kier molecular flexibility index (Phi) is 8.54. The lowest BCUT2D eigenvalue weighted by Gasteiger charge is -2.39. The molecule has 0 bridgehead atoms. The van der Waals surface area contributed by atoms with Gasteiger partial charge in [-0.25, -0.2) is 4.39 Å². The lowest BCUT2D eigenvalue weighted by atomic mass is 9.93. The fraction of sp³-hybridized carbons (Fsp3) is 0.548. The van der Waals surface area contributed by atoms with Crippen molar-refractivity contribution in [3.05, 3.63) is 76.2 Å². The van der Waals surface area contributed by atoms with Crippen molar-refractivity contribution in [2.24, 2.45) is 11.8 Å². The van der Waals surface area contributed by atoms with Crippen molar-refractivity contribution in [2.45, 2.75) is 72.9 Å². The number of rotatable bonds is 8. The van der Waals surface area contributed by atoms with Crippen LogP contribution in [0.1, 0.15) is 67.3 Å². The molecule has 4 rings (SSSR count). The Morgan fingerprint density at radius 1 is 1.17 bits per heavy atom. The van der Waals surface area contributed by atoms with Crippen LogP contribution in [0.2, 0.25) is 0 Å². The summed E-state index contributed by atoms with van der Waals surface area (Å²) in [7, 11) is 0. The average molecular weight is 479 g/mol. The molecule has 2 aromatic carbocycles. The number of likely N-dealkylation sites (tertiary alicyclic amines) is 1. The molecule has 0 saturated carbocycles. The van der Waals surface area contributed by atoms with Crippen molar-refractivity contribution in [3.63, 3.8) is 0 Å². The molecule has 0 spiro atoms. The predicted molar refractivity (Wildman–Crippen MR) is 143 cm³/mol. The quantitative estimate of drug-likeness (QED) is 0.405. The van der Waals surface area contributed by atoms with E-state index < -0.39 is 0 Å². The van der Waals surface area contributed by atoms with Crippen LogP contribution in [-0.4, -0.2) is 36.0 Å². The monoisotopic (exact) mass is 478 g/mol. The minimum atomic E-state index is -0.0983. The third-order valence-electron chi connectivity index (χ3n) is 7.51. The lowest BCUT2D eigenvalue weighted by Crippen LogP contribution is -2.40. The molecule has 2 aromatic rings. The zero-order valence-electron chi connectivity index (χ0n) is 22.2. The van der Waals surface area contributed by atoms with E-state index in [-0.39, 0.29) is 5.82 Å². The maximum absolute atomic E-state index is 14.4. The minimum absolute atomic E-state index is 0.0983. The molecule has 0 aromatic heterocycles. The molecule has 3 nitrogen and oxygen atoms in total. The van der Waals surface area contributed by atoms with Crippen molar-refractivity contribution in [1.82, 2.24) is 9.80 Å². The highest BCUT2D eigenvalue weighted by molar-refractivity contribution is 5.44. The van der Waals surface area contributed by atoms with E-state index in [4.69, 9.17) is 4.74 Å². The molecule has 35 heavy (non-hydrogen) atoms. The van der Waals surface area contributed by atoms with Gasteiger partial charge >= 0.3 is 0 Å². The van der Waals surface area contributed by atoms with Crippen LogP contribution in [-0.2, 0) is 19.5 Å². The van der Waals surface area contributed by atoms with E-state index >= 15 is 0 Å². The number of piperidine rings is 1. The highest BCUT2D eigenvalue weighted by atomic mass is 19.1. The Bertz CT molecular complexity index is 1030. The topological polar surface area (TPSA) is 15.7 Å². The van der Waals surface area contributed by atoms with E-state index in [0.29, 0.717) is 18.4 Å². The number of halogens is 1. The number of ether oxygens (including phenoxy) is 1. The van der Waals surface area contributed by atoms with Gasteiger partial charge in [0.1, 0.15) is 11.6 Å². The van der Waals surface area contributed by atoms with Crippen molar-refractivity contribution >= 4 is 0 Å². The van der Waals surface area contributed by atoms with Gasteiger partial charge in [-0.2, -0.15) is 0 Å². The van der Waals surface area contributed by atoms with Gasteiger partial charge in [0.15, 0.2) is 0 Å². The number of aryl methyl sites for hydroxylation is 2. The van der Waals surface area contributed by atoms with Crippen LogP contribution in [0.5, 0.6) is 5.75 Å². The number of hydrogen-bond donors (Lipinski definition) is 0. The molecule has 1 fully saturated rings. The van der Waals surface area contributed by atoms with Crippen LogP contribution < -0.4 is 4.74 Å². The number of benzene rings is 2. The van der Waals surface area contributed by atoms with E-state index in [2.05, 4.69) is 49.3 Å². The first-order valence-corrected chi connectivity index (χ1v) is 13.5. The molecule has 1 unspecified atom stereocenters. The maximum Gasteiger partial charge on any atom is 0.127 e. The van der Waals surface area contributed by atoms with Crippen LogP contribution in [0.4, 0.5) is 4.39 Å². The Morgan fingerprint density at radius 2 is 2.00 bits per heavy atom. The highest BCUT2D eigenvalue weighted by Gasteiger charge is 2.26. The van der Waals surface area contributed by atoms with Crippen molar-refractivity contribution in [2.75, 3.05) is 26.2 Å². The molecule has 0 aliphatic carbocycles. The molecule has 190 valence electrons. The Hall–Kier alpha value is -2.33. The summed E-state index contributed by atoms with van der Waals surface area (Å²) in [5, 5.41) is 0. The summed E-state index contributed by atoms with van der Waals surface area (Å²) in [5.41, 5.74) is 7.17. The average Bonchev–Trinajstić information content (AvgIpc) is 3.06. The standard InChI is InChI=1S/C31H43FN2O/c1-22(2)18-34(19-26-16-24(4)29-10-6-7-14-35-31(29)17-26)25(5)27-9-8-13-33(20-27)21-28-15-23(3)11-12-30(28)32/h11-12,15-17,22,27H,5-10,13-14,18-21H2,1-4H3. The second-order valence-electron chi connectivity index (χ2n) is 11.1. The van der Waals surface area contributed by atoms with Crippen LogP contribution in [0.15, 0.2) is 42.6 Å². The zero-order valence-corrected chi connectivity index (χ0v) is 22.2. The molecular weight excluding hydrogens is 435 g/mol. The smallest absolute Gasteiger partial charge is 0.127 e. The van der Waals surface area contributed by atoms with Crippen molar-refractivity contribution in [3.8, 4) is 5.75 Å². The van der Waals surface area contributed by atoms with Crippen LogP contribution in [0.25, 0.3) is 0 Å². The van der Waals surface area contributed by atoms with E-state index in [1.54, 1.807) is 6.07 Å². The SMILES string of the molecule is C=C(C1CCCN(Cc2cc(C)ccc2F)C1)N(Cc1cc(C)c2c(c1)OCCCC2)CC(C)C. The zero-order chi connectivity index (χ0) is 24.9. The molecule has 0 radical (unpaired) electrons. The van der Waals surface area contributed by atoms with Gasteiger partial charge < -0.3 is 9.64 Å². The van der Waals surface area contributed by atoms with E-state index in [1.807, 2.05) is 19.1 Å². The molecule has 1 saturated heterocycles. The van der Waals surface area contributed by atoms with Gasteiger partial charge in [0.2, 0.25) is 0 Å². The Morgan fingerprint density at radius 3 is 2.80 bits per heavy atom. The summed E-state index contributed by atoms with van der Waals surface area (Å²) < 4.78 is 20.5. The summed E-state index contributed by atoms with van der Waals surface area (Å²) in [4.78, 5) is 4.90. The van der Waals surface area contributed by atoms with Crippen molar-refractivity contribution < 1.29 is 9.13 Å². The van der Waals surface area contributed by atoms with Crippen LogP contribution in [0.3, 0.4) is 0 Å². The maximum atomic E-state index is 14.4. The minimum Gasteiger partial charge on any atom is -0.493 e. The first kappa shape index (κ1) is 25.8. The fourth-order valence-electron chi connectivity index (χ4n) is 5.72. The van der Waals surface area contributed by atoms with Gasteiger partial charge in [-0.3, -0.25) is 4.90 Å². The summed E-state index contributed by atoms with van der Waals surface area (Å²) in [5.74, 6) is 1.93.